The van der Waals surface area contributed by atoms with Crippen LogP contribution < -0.4 is 10.1 Å². The molecule has 1 atom stereocenters. The van der Waals surface area contributed by atoms with Crippen molar-refractivity contribution in [2.24, 2.45) is 5.41 Å². The Bertz CT molecular complexity index is 524. The number of amides is 1. The summed E-state index contributed by atoms with van der Waals surface area (Å²) >= 11 is 0. The molecule has 0 saturated carbocycles. The Morgan fingerprint density at radius 1 is 1.36 bits per heavy atom. The molecular weight excluding hydrogens is 292 g/mol. The minimum atomic E-state index is -2.93. The van der Waals surface area contributed by atoms with E-state index in [1.165, 1.54) is 18.2 Å². The summed E-state index contributed by atoms with van der Waals surface area (Å²) in [5.41, 5.74) is 0.0311. The third kappa shape index (κ3) is 6.22. The monoisotopic (exact) mass is 313 g/mol. The maximum Gasteiger partial charge on any atom is 0.387 e. The number of carbonyl (C=O) groups excluding carboxylic acids is 1. The lowest BCUT2D eigenvalue weighted by Gasteiger charge is -2.25. The van der Waals surface area contributed by atoms with Crippen molar-refractivity contribution in [2.45, 2.75) is 33.5 Å². The molecule has 0 radical (unpaired) electrons. The lowest BCUT2D eigenvalue weighted by Crippen LogP contribution is -2.38. The average molecular weight is 313 g/mol. The third-order valence-corrected chi connectivity index (χ3v) is 3.02. The van der Waals surface area contributed by atoms with Crippen molar-refractivity contribution < 1.29 is 23.4 Å². The number of benzene rings is 1. The number of aliphatic hydroxyl groups excluding tert-OH is 1. The maximum absolute atomic E-state index is 12.3. The van der Waals surface area contributed by atoms with Crippen molar-refractivity contribution in [1.29, 1.82) is 0 Å². The zero-order chi connectivity index (χ0) is 16.8. The lowest BCUT2D eigenvalue weighted by molar-refractivity contribution is -0.117. The molecule has 2 N–H and O–H groups in total. The van der Waals surface area contributed by atoms with E-state index in [1.54, 1.807) is 18.2 Å². The van der Waals surface area contributed by atoms with Crippen LogP contribution in [0.25, 0.3) is 6.08 Å². The largest absolute Gasteiger partial charge is 0.434 e. The molecular formula is C16H21F2NO3. The fourth-order valence-electron chi connectivity index (χ4n) is 1.55. The Morgan fingerprint density at radius 2 is 2.00 bits per heavy atom. The van der Waals surface area contributed by atoms with Crippen LogP contribution in [0.3, 0.4) is 0 Å². The molecule has 0 aliphatic heterocycles. The van der Waals surface area contributed by atoms with Gasteiger partial charge in [-0.2, -0.15) is 8.78 Å². The Balaban J connectivity index is 2.63. The van der Waals surface area contributed by atoms with Crippen LogP contribution in [0.2, 0.25) is 0 Å². The molecule has 0 aliphatic rings. The van der Waals surface area contributed by atoms with Gasteiger partial charge in [0.25, 0.3) is 0 Å². The van der Waals surface area contributed by atoms with Crippen molar-refractivity contribution >= 4 is 12.0 Å². The highest BCUT2D eigenvalue weighted by Gasteiger charge is 2.21. The van der Waals surface area contributed by atoms with Crippen LogP contribution in [0.5, 0.6) is 5.75 Å². The second-order valence-electron chi connectivity index (χ2n) is 5.88. The Kier molecular flexibility index (Phi) is 6.49. The fourth-order valence-corrected chi connectivity index (χ4v) is 1.55. The first-order valence-corrected chi connectivity index (χ1v) is 6.88. The van der Waals surface area contributed by atoms with Crippen molar-refractivity contribution in [3.8, 4) is 5.75 Å². The quantitative estimate of drug-likeness (QED) is 0.794. The van der Waals surface area contributed by atoms with Gasteiger partial charge in [-0.05, 0) is 17.6 Å². The van der Waals surface area contributed by atoms with Crippen molar-refractivity contribution in [3.63, 3.8) is 0 Å². The van der Waals surface area contributed by atoms with Gasteiger partial charge in [0.2, 0.25) is 5.91 Å². The van der Waals surface area contributed by atoms with Crippen LogP contribution in [0.1, 0.15) is 26.3 Å². The van der Waals surface area contributed by atoms with Crippen LogP contribution in [0.4, 0.5) is 8.78 Å². The summed E-state index contributed by atoms with van der Waals surface area (Å²) in [6.07, 6.45) is 1.92. The van der Waals surface area contributed by atoms with Crippen molar-refractivity contribution in [3.05, 3.63) is 35.9 Å². The van der Waals surface area contributed by atoms with E-state index >= 15 is 0 Å². The van der Waals surface area contributed by atoms with E-state index in [-0.39, 0.29) is 17.7 Å². The first-order valence-electron chi connectivity index (χ1n) is 6.88. The zero-order valence-corrected chi connectivity index (χ0v) is 12.8. The summed E-state index contributed by atoms with van der Waals surface area (Å²) in [5.74, 6) is -0.425. The number of aliphatic hydroxyl groups is 1. The summed E-state index contributed by atoms with van der Waals surface area (Å²) in [4.78, 5) is 11.7. The normalized spacial score (nSPS) is 13.4. The number of alkyl halides is 2. The first kappa shape index (κ1) is 18.1. The molecule has 1 rings (SSSR count). The number of hydrogen-bond acceptors (Lipinski definition) is 3. The van der Waals surface area contributed by atoms with Crippen molar-refractivity contribution in [1.82, 2.24) is 5.32 Å². The standard InChI is InChI=1S/C16H21F2NO3/c1-16(2,3)13(20)10-19-14(21)9-8-11-6-4-5-7-12(11)22-15(17)18/h4-9,13,15,20H,10H2,1-3H3,(H,19,21)/b9-8+. The smallest absolute Gasteiger partial charge is 0.387 e. The number of hydrogen-bond donors (Lipinski definition) is 2. The number of para-hydroxylation sites is 1. The van der Waals surface area contributed by atoms with E-state index in [9.17, 15) is 18.7 Å². The average Bonchev–Trinajstić information content (AvgIpc) is 2.42. The van der Waals surface area contributed by atoms with Gasteiger partial charge in [0.1, 0.15) is 5.75 Å². The van der Waals surface area contributed by atoms with Gasteiger partial charge < -0.3 is 15.2 Å². The van der Waals surface area contributed by atoms with Gasteiger partial charge in [-0.3, -0.25) is 4.79 Å². The third-order valence-electron chi connectivity index (χ3n) is 3.02. The molecule has 1 aromatic carbocycles. The fraction of sp³-hybridized carbons (Fsp3) is 0.438. The summed E-state index contributed by atoms with van der Waals surface area (Å²) in [6, 6.07) is 6.17. The summed E-state index contributed by atoms with van der Waals surface area (Å²) in [7, 11) is 0. The molecule has 122 valence electrons. The molecule has 1 amide bonds. The van der Waals surface area contributed by atoms with Gasteiger partial charge >= 0.3 is 6.61 Å². The maximum atomic E-state index is 12.3. The molecule has 0 saturated heterocycles. The number of halogens is 2. The lowest BCUT2D eigenvalue weighted by atomic mass is 9.89. The SMILES string of the molecule is CC(C)(C)C(O)CNC(=O)/C=C/c1ccccc1OC(F)F. The van der Waals surface area contributed by atoms with Crippen LogP contribution >= 0.6 is 0 Å². The summed E-state index contributed by atoms with van der Waals surface area (Å²) in [6.45, 7) is 2.76. The Morgan fingerprint density at radius 3 is 2.59 bits per heavy atom. The summed E-state index contributed by atoms with van der Waals surface area (Å²) < 4.78 is 28.9. The second-order valence-corrected chi connectivity index (χ2v) is 5.88. The van der Waals surface area contributed by atoms with Crippen LogP contribution in [0.15, 0.2) is 30.3 Å². The highest BCUT2D eigenvalue weighted by molar-refractivity contribution is 5.92. The van der Waals surface area contributed by atoms with Crippen LogP contribution in [-0.2, 0) is 4.79 Å². The van der Waals surface area contributed by atoms with Gasteiger partial charge in [-0.1, -0.05) is 39.0 Å². The van der Waals surface area contributed by atoms with Crippen molar-refractivity contribution in [2.75, 3.05) is 6.54 Å². The summed E-state index contributed by atoms with van der Waals surface area (Å²) in [5, 5.41) is 12.4. The van der Waals surface area contributed by atoms with E-state index in [1.807, 2.05) is 20.8 Å². The first-order chi connectivity index (χ1) is 10.2. The second kappa shape index (κ2) is 7.89. The number of ether oxygens (including phenoxy) is 1. The molecule has 0 fully saturated rings. The molecule has 1 unspecified atom stereocenters. The minimum absolute atomic E-state index is 0.00345. The molecule has 0 bridgehead atoms. The van der Waals surface area contributed by atoms with E-state index in [0.717, 1.165) is 0 Å². The molecule has 0 spiro atoms. The predicted molar refractivity (Wildman–Crippen MR) is 80.6 cm³/mol. The van der Waals surface area contributed by atoms with Gasteiger partial charge in [-0.15, -0.1) is 0 Å². The Hall–Kier alpha value is -1.95. The predicted octanol–water partition coefficient (Wildman–Crippen LogP) is 2.82. The molecule has 0 heterocycles. The van der Waals surface area contributed by atoms with Crippen LogP contribution in [-0.4, -0.2) is 30.3 Å². The molecule has 0 aromatic heterocycles. The molecule has 4 nitrogen and oxygen atoms in total. The van der Waals surface area contributed by atoms with Gasteiger partial charge in [-0.25, -0.2) is 0 Å². The van der Waals surface area contributed by atoms with Gasteiger partial charge in [0.15, 0.2) is 0 Å². The molecule has 22 heavy (non-hydrogen) atoms. The molecule has 0 aliphatic carbocycles. The molecule has 1 aromatic rings. The minimum Gasteiger partial charge on any atom is -0.434 e. The van der Waals surface area contributed by atoms with E-state index in [0.29, 0.717) is 5.56 Å². The van der Waals surface area contributed by atoms with E-state index in [2.05, 4.69) is 10.1 Å². The zero-order valence-electron chi connectivity index (χ0n) is 12.8. The number of carbonyl (C=O) groups is 1. The Labute approximate surface area is 128 Å². The highest BCUT2D eigenvalue weighted by atomic mass is 19.3. The highest BCUT2D eigenvalue weighted by Crippen LogP contribution is 2.21. The van der Waals surface area contributed by atoms with Gasteiger partial charge in [0, 0.05) is 18.2 Å². The topological polar surface area (TPSA) is 58.6 Å². The van der Waals surface area contributed by atoms with E-state index in [4.69, 9.17) is 0 Å². The number of rotatable bonds is 6. The van der Waals surface area contributed by atoms with E-state index < -0.39 is 18.6 Å². The number of nitrogens with one attached hydrogen (secondary N) is 1. The van der Waals surface area contributed by atoms with Crippen LogP contribution in [0, 0.1) is 5.41 Å². The van der Waals surface area contributed by atoms with Gasteiger partial charge in [0.05, 0.1) is 6.10 Å². The molecule has 6 heteroatoms.